The maximum Gasteiger partial charge on any atom is 0.00752 e. The van der Waals surface area contributed by atoms with Crippen LogP contribution in [0.15, 0.2) is 0 Å². The lowest BCUT2D eigenvalue weighted by atomic mass is 9.94. The molecule has 0 aromatic rings. The first kappa shape index (κ1) is 11.4. The van der Waals surface area contributed by atoms with Gasteiger partial charge in [0, 0.05) is 6.04 Å². The van der Waals surface area contributed by atoms with Crippen LogP contribution in [-0.4, -0.2) is 6.04 Å². The second-order valence-corrected chi connectivity index (χ2v) is 5.98. The standard InChI is InChI=1S/C14H27N/c1-3-6-10(2)9-13(15)14-11-7-4-5-8-12(11)14/h10-14H,3-9,15H2,1-2H3. The molecule has 0 aliphatic heterocycles. The Balaban J connectivity index is 1.75. The summed E-state index contributed by atoms with van der Waals surface area (Å²) in [5, 5.41) is 0. The molecule has 2 saturated carbocycles. The Labute approximate surface area is 94.8 Å². The highest BCUT2D eigenvalue weighted by Crippen LogP contribution is 2.57. The number of nitrogens with two attached hydrogens (primary N) is 1. The molecule has 0 heterocycles. The van der Waals surface area contributed by atoms with Crippen molar-refractivity contribution in [1.82, 2.24) is 0 Å². The van der Waals surface area contributed by atoms with E-state index in [1.54, 1.807) is 0 Å². The van der Waals surface area contributed by atoms with Crippen LogP contribution in [0.2, 0.25) is 0 Å². The third-order valence-corrected chi connectivity index (χ3v) is 4.67. The molecule has 0 bridgehead atoms. The van der Waals surface area contributed by atoms with E-state index >= 15 is 0 Å². The van der Waals surface area contributed by atoms with Crippen molar-refractivity contribution < 1.29 is 0 Å². The van der Waals surface area contributed by atoms with Crippen molar-refractivity contribution in [3.63, 3.8) is 0 Å². The summed E-state index contributed by atoms with van der Waals surface area (Å²) in [7, 11) is 0. The van der Waals surface area contributed by atoms with E-state index in [0.29, 0.717) is 6.04 Å². The fourth-order valence-electron chi connectivity index (χ4n) is 3.92. The van der Waals surface area contributed by atoms with Gasteiger partial charge in [-0.05, 0) is 42.9 Å². The summed E-state index contributed by atoms with van der Waals surface area (Å²) in [6.45, 7) is 4.65. The van der Waals surface area contributed by atoms with Crippen molar-refractivity contribution in [2.75, 3.05) is 0 Å². The molecule has 88 valence electrons. The number of fused-ring (bicyclic) bond motifs is 1. The van der Waals surface area contributed by atoms with Crippen LogP contribution in [0.5, 0.6) is 0 Å². The predicted molar refractivity (Wildman–Crippen MR) is 65.6 cm³/mol. The van der Waals surface area contributed by atoms with Crippen molar-refractivity contribution in [2.24, 2.45) is 29.4 Å². The summed E-state index contributed by atoms with van der Waals surface area (Å²) in [5.74, 6) is 3.81. The van der Waals surface area contributed by atoms with Gasteiger partial charge in [0.2, 0.25) is 0 Å². The zero-order valence-electron chi connectivity index (χ0n) is 10.4. The van der Waals surface area contributed by atoms with E-state index in [1.165, 1.54) is 44.9 Å². The predicted octanol–water partition coefficient (Wildman–Crippen LogP) is 3.58. The number of hydrogen-bond donors (Lipinski definition) is 1. The average molecular weight is 209 g/mol. The Kier molecular flexibility index (Phi) is 3.71. The van der Waals surface area contributed by atoms with Gasteiger partial charge in [-0.25, -0.2) is 0 Å². The zero-order chi connectivity index (χ0) is 10.8. The monoisotopic (exact) mass is 209 g/mol. The molecule has 4 atom stereocenters. The SMILES string of the molecule is CCCC(C)CC(N)C1C2CCCCC21. The second kappa shape index (κ2) is 4.86. The Hall–Kier alpha value is -0.0400. The molecule has 0 radical (unpaired) electrons. The molecular weight excluding hydrogens is 182 g/mol. The van der Waals surface area contributed by atoms with Gasteiger partial charge in [-0.15, -0.1) is 0 Å². The molecule has 2 fully saturated rings. The lowest BCUT2D eigenvalue weighted by molar-refractivity contribution is 0.392. The van der Waals surface area contributed by atoms with Gasteiger partial charge in [0.05, 0.1) is 0 Å². The molecule has 2 aliphatic rings. The third-order valence-electron chi connectivity index (χ3n) is 4.67. The summed E-state index contributed by atoms with van der Waals surface area (Å²) in [6.07, 6.45) is 9.83. The first-order chi connectivity index (χ1) is 7.24. The van der Waals surface area contributed by atoms with Crippen LogP contribution in [0, 0.1) is 23.7 Å². The van der Waals surface area contributed by atoms with Gasteiger partial charge in [0.1, 0.15) is 0 Å². The van der Waals surface area contributed by atoms with Gasteiger partial charge in [0.25, 0.3) is 0 Å². The fraction of sp³-hybridized carbons (Fsp3) is 1.00. The van der Waals surface area contributed by atoms with Crippen LogP contribution < -0.4 is 5.73 Å². The zero-order valence-corrected chi connectivity index (χ0v) is 10.4. The highest BCUT2D eigenvalue weighted by Gasteiger charge is 2.52. The molecule has 0 aromatic carbocycles. The van der Waals surface area contributed by atoms with E-state index in [9.17, 15) is 0 Å². The Bertz CT molecular complexity index is 190. The first-order valence-electron chi connectivity index (χ1n) is 6.99. The molecule has 2 aliphatic carbocycles. The van der Waals surface area contributed by atoms with Crippen molar-refractivity contribution in [3.05, 3.63) is 0 Å². The molecule has 1 heteroatoms. The second-order valence-electron chi connectivity index (χ2n) is 5.98. The van der Waals surface area contributed by atoms with Crippen molar-refractivity contribution in [2.45, 2.75) is 64.8 Å². The van der Waals surface area contributed by atoms with E-state index in [4.69, 9.17) is 5.73 Å². The van der Waals surface area contributed by atoms with E-state index in [-0.39, 0.29) is 0 Å². The van der Waals surface area contributed by atoms with E-state index in [0.717, 1.165) is 23.7 Å². The summed E-state index contributed by atoms with van der Waals surface area (Å²) in [6, 6.07) is 0.514. The summed E-state index contributed by atoms with van der Waals surface area (Å²) < 4.78 is 0. The summed E-state index contributed by atoms with van der Waals surface area (Å²) in [4.78, 5) is 0. The number of hydrogen-bond acceptors (Lipinski definition) is 1. The third kappa shape index (κ3) is 2.55. The van der Waals surface area contributed by atoms with Gasteiger partial charge in [-0.2, -0.15) is 0 Å². The maximum atomic E-state index is 6.37. The van der Waals surface area contributed by atoms with E-state index < -0.39 is 0 Å². The van der Waals surface area contributed by atoms with E-state index in [1.807, 2.05) is 0 Å². The van der Waals surface area contributed by atoms with Gasteiger partial charge in [-0.3, -0.25) is 0 Å². The van der Waals surface area contributed by atoms with Crippen LogP contribution in [0.1, 0.15) is 58.8 Å². The van der Waals surface area contributed by atoms with Crippen molar-refractivity contribution in [3.8, 4) is 0 Å². The molecule has 0 saturated heterocycles. The average Bonchev–Trinajstić information content (AvgIpc) is 2.91. The van der Waals surface area contributed by atoms with Gasteiger partial charge < -0.3 is 5.73 Å². The minimum atomic E-state index is 0.514. The summed E-state index contributed by atoms with van der Waals surface area (Å²) >= 11 is 0. The Morgan fingerprint density at radius 2 is 1.80 bits per heavy atom. The first-order valence-corrected chi connectivity index (χ1v) is 6.99. The number of rotatable bonds is 5. The van der Waals surface area contributed by atoms with Crippen LogP contribution in [0.3, 0.4) is 0 Å². The smallest absolute Gasteiger partial charge is 0.00752 e. The maximum absolute atomic E-state index is 6.37. The molecular formula is C14H27N. The molecule has 0 amide bonds. The normalized spacial score (nSPS) is 38.2. The Morgan fingerprint density at radius 3 is 2.33 bits per heavy atom. The van der Waals surface area contributed by atoms with Gasteiger partial charge >= 0.3 is 0 Å². The lowest BCUT2D eigenvalue weighted by Gasteiger charge is -2.16. The topological polar surface area (TPSA) is 26.0 Å². The quantitative estimate of drug-likeness (QED) is 0.736. The molecule has 4 unspecified atom stereocenters. The van der Waals surface area contributed by atoms with Gasteiger partial charge in [0.15, 0.2) is 0 Å². The van der Waals surface area contributed by atoms with Crippen LogP contribution in [0.4, 0.5) is 0 Å². The molecule has 15 heavy (non-hydrogen) atoms. The van der Waals surface area contributed by atoms with Crippen LogP contribution in [0.25, 0.3) is 0 Å². The van der Waals surface area contributed by atoms with Crippen molar-refractivity contribution >= 4 is 0 Å². The Morgan fingerprint density at radius 1 is 1.20 bits per heavy atom. The van der Waals surface area contributed by atoms with Crippen LogP contribution >= 0.6 is 0 Å². The molecule has 0 aromatic heterocycles. The highest BCUT2D eigenvalue weighted by atomic mass is 14.7. The minimum Gasteiger partial charge on any atom is -0.327 e. The molecule has 2 N–H and O–H groups in total. The van der Waals surface area contributed by atoms with Crippen molar-refractivity contribution in [1.29, 1.82) is 0 Å². The minimum absolute atomic E-state index is 0.514. The summed E-state index contributed by atoms with van der Waals surface area (Å²) in [5.41, 5.74) is 6.37. The molecule has 1 nitrogen and oxygen atoms in total. The highest BCUT2D eigenvalue weighted by molar-refractivity contribution is 5.03. The lowest BCUT2D eigenvalue weighted by Crippen LogP contribution is -2.26. The fourth-order valence-corrected chi connectivity index (χ4v) is 3.92. The van der Waals surface area contributed by atoms with Gasteiger partial charge in [-0.1, -0.05) is 39.5 Å². The molecule has 2 rings (SSSR count). The molecule has 0 spiro atoms. The van der Waals surface area contributed by atoms with Crippen LogP contribution in [-0.2, 0) is 0 Å². The largest absolute Gasteiger partial charge is 0.327 e. The van der Waals surface area contributed by atoms with E-state index in [2.05, 4.69) is 13.8 Å².